The first-order chi connectivity index (χ1) is 12.4. The van der Waals surface area contributed by atoms with Crippen LogP contribution in [0.25, 0.3) is 0 Å². The number of carbonyl (C=O) groups excluding carboxylic acids is 2. The van der Waals surface area contributed by atoms with Crippen LogP contribution >= 0.6 is 11.3 Å². The molecule has 0 spiro atoms. The summed E-state index contributed by atoms with van der Waals surface area (Å²) in [6.45, 7) is 3.59. The highest BCUT2D eigenvalue weighted by molar-refractivity contribution is 7.17. The molecule has 1 aromatic heterocycles. The highest BCUT2D eigenvalue weighted by Gasteiger charge is 2.37. The molecule has 2 aliphatic rings. The Hall–Kier alpha value is -1.89. The van der Waals surface area contributed by atoms with Crippen LogP contribution in [0.2, 0.25) is 0 Å². The first-order valence-electron chi connectivity index (χ1n) is 9.27. The minimum atomic E-state index is -0.919. The van der Waals surface area contributed by atoms with Gasteiger partial charge in [-0.15, -0.1) is 11.3 Å². The van der Waals surface area contributed by atoms with Gasteiger partial charge >= 0.3 is 11.9 Å². The first kappa shape index (κ1) is 18.9. The molecule has 0 aromatic carbocycles. The van der Waals surface area contributed by atoms with Crippen molar-refractivity contribution in [2.24, 2.45) is 11.8 Å². The number of fused-ring (bicyclic) bond motifs is 1. The third-order valence-corrected chi connectivity index (χ3v) is 6.33. The van der Waals surface area contributed by atoms with E-state index in [2.05, 4.69) is 5.32 Å². The number of carboxylic acid groups (broad SMARTS) is 1. The number of nitrogens with one attached hydrogen (secondary N) is 1. The fraction of sp³-hybridized carbons (Fsp3) is 0.632. The number of amides is 1. The molecule has 2 N–H and O–H groups in total. The molecule has 0 unspecified atom stereocenters. The molecule has 142 valence electrons. The van der Waals surface area contributed by atoms with Gasteiger partial charge < -0.3 is 15.2 Å². The van der Waals surface area contributed by atoms with Gasteiger partial charge in [0.25, 0.3) is 0 Å². The van der Waals surface area contributed by atoms with Crippen molar-refractivity contribution in [3.05, 3.63) is 16.0 Å². The topological polar surface area (TPSA) is 92.7 Å². The van der Waals surface area contributed by atoms with Crippen LogP contribution in [0.15, 0.2) is 0 Å². The molecule has 1 aromatic rings. The zero-order valence-corrected chi connectivity index (χ0v) is 16.0. The number of esters is 1. The summed E-state index contributed by atoms with van der Waals surface area (Å²) >= 11 is 1.43. The molecule has 1 fully saturated rings. The molecule has 2 atom stereocenters. The lowest BCUT2D eigenvalue weighted by atomic mass is 9.79. The normalized spacial score (nSPS) is 22.1. The maximum Gasteiger partial charge on any atom is 0.341 e. The molecular formula is C19H25NO5S. The average molecular weight is 379 g/mol. The molecule has 0 bridgehead atoms. The molecule has 2 aliphatic carbocycles. The van der Waals surface area contributed by atoms with Crippen LogP contribution in [0.3, 0.4) is 0 Å². The van der Waals surface area contributed by atoms with Crippen LogP contribution < -0.4 is 5.32 Å². The molecular weight excluding hydrogens is 354 g/mol. The molecule has 1 heterocycles. The van der Waals surface area contributed by atoms with Crippen molar-refractivity contribution < 1.29 is 24.2 Å². The molecule has 0 saturated heterocycles. The van der Waals surface area contributed by atoms with Crippen LogP contribution in [0.4, 0.5) is 5.00 Å². The van der Waals surface area contributed by atoms with Gasteiger partial charge in [-0.3, -0.25) is 9.59 Å². The lowest BCUT2D eigenvalue weighted by molar-refractivity contribution is -0.147. The molecule has 1 saturated carbocycles. The van der Waals surface area contributed by atoms with Gasteiger partial charge in [-0.2, -0.15) is 0 Å². The summed E-state index contributed by atoms with van der Waals surface area (Å²) in [4.78, 5) is 38.0. The van der Waals surface area contributed by atoms with Crippen molar-refractivity contribution >= 4 is 34.2 Å². The Kier molecular flexibility index (Phi) is 5.65. The number of hydrogen-bond donors (Lipinski definition) is 2. The van der Waals surface area contributed by atoms with E-state index in [0.717, 1.165) is 42.5 Å². The average Bonchev–Trinajstić information content (AvgIpc) is 3.14. The van der Waals surface area contributed by atoms with Crippen LogP contribution in [0.1, 0.15) is 66.8 Å². The zero-order chi connectivity index (χ0) is 18.8. The fourth-order valence-electron chi connectivity index (χ4n) is 3.93. The van der Waals surface area contributed by atoms with E-state index in [-0.39, 0.29) is 12.0 Å². The Balaban J connectivity index is 1.84. The van der Waals surface area contributed by atoms with Crippen LogP contribution in [0, 0.1) is 11.8 Å². The Morgan fingerprint density at radius 2 is 1.81 bits per heavy atom. The van der Waals surface area contributed by atoms with Crippen molar-refractivity contribution in [1.82, 2.24) is 0 Å². The van der Waals surface area contributed by atoms with Crippen LogP contribution in [-0.4, -0.2) is 29.1 Å². The van der Waals surface area contributed by atoms with E-state index in [0.29, 0.717) is 23.4 Å². The van der Waals surface area contributed by atoms with Gasteiger partial charge in [-0.1, -0.05) is 12.8 Å². The van der Waals surface area contributed by atoms with Gasteiger partial charge in [0.1, 0.15) is 5.00 Å². The lowest BCUT2D eigenvalue weighted by Gasteiger charge is -2.27. The maximum absolute atomic E-state index is 12.8. The van der Waals surface area contributed by atoms with Crippen molar-refractivity contribution in [3.63, 3.8) is 0 Å². The summed E-state index contributed by atoms with van der Waals surface area (Å²) in [6, 6.07) is 0. The van der Waals surface area contributed by atoms with E-state index < -0.39 is 23.8 Å². The smallest absolute Gasteiger partial charge is 0.341 e. The Bertz CT molecular complexity index is 724. The van der Waals surface area contributed by atoms with Crippen molar-refractivity contribution in [2.45, 2.75) is 64.9 Å². The van der Waals surface area contributed by atoms with E-state index in [1.165, 1.54) is 11.3 Å². The molecule has 0 aliphatic heterocycles. The number of aliphatic carboxylic acids is 1. The number of carboxylic acids is 1. The monoisotopic (exact) mass is 379 g/mol. The zero-order valence-electron chi connectivity index (χ0n) is 15.2. The summed E-state index contributed by atoms with van der Waals surface area (Å²) in [5, 5.41) is 12.8. The largest absolute Gasteiger partial charge is 0.481 e. The Morgan fingerprint density at radius 1 is 1.12 bits per heavy atom. The predicted molar refractivity (Wildman–Crippen MR) is 98.6 cm³/mol. The number of thiophene rings is 1. The highest BCUT2D eigenvalue weighted by atomic mass is 32.1. The van der Waals surface area contributed by atoms with Crippen molar-refractivity contribution in [2.75, 3.05) is 5.32 Å². The third kappa shape index (κ3) is 3.77. The second-order valence-electron chi connectivity index (χ2n) is 7.34. The molecule has 6 nitrogen and oxygen atoms in total. The molecule has 0 radical (unpaired) electrons. The van der Waals surface area contributed by atoms with Gasteiger partial charge in [0.05, 0.1) is 23.5 Å². The van der Waals surface area contributed by atoms with E-state index >= 15 is 0 Å². The van der Waals surface area contributed by atoms with Gasteiger partial charge in [-0.25, -0.2) is 4.79 Å². The number of anilines is 1. The number of carbonyl (C=O) groups is 3. The van der Waals surface area contributed by atoms with E-state index in [9.17, 15) is 19.5 Å². The van der Waals surface area contributed by atoms with Gasteiger partial charge in [0.2, 0.25) is 5.91 Å². The Morgan fingerprint density at radius 3 is 2.46 bits per heavy atom. The second kappa shape index (κ2) is 7.78. The fourth-order valence-corrected chi connectivity index (χ4v) is 5.21. The molecule has 7 heteroatoms. The SMILES string of the molecule is CC(C)OC(=O)c1c(NC(=O)[C@H]2CCCC[C@H]2C(=O)O)sc2c1CCC2. The third-order valence-electron chi connectivity index (χ3n) is 5.12. The summed E-state index contributed by atoms with van der Waals surface area (Å²) in [5.74, 6) is -2.82. The quantitative estimate of drug-likeness (QED) is 0.762. The number of aryl methyl sites for hydroxylation is 1. The van der Waals surface area contributed by atoms with E-state index in [4.69, 9.17) is 4.74 Å². The van der Waals surface area contributed by atoms with E-state index in [1.807, 2.05) is 0 Å². The predicted octanol–water partition coefficient (Wildman–Crippen LogP) is 3.63. The van der Waals surface area contributed by atoms with E-state index in [1.54, 1.807) is 13.8 Å². The van der Waals surface area contributed by atoms with Gasteiger partial charge in [0, 0.05) is 4.88 Å². The number of ether oxygens (including phenoxy) is 1. The summed E-state index contributed by atoms with van der Waals surface area (Å²) < 4.78 is 5.37. The molecule has 1 amide bonds. The Labute approximate surface area is 156 Å². The molecule has 26 heavy (non-hydrogen) atoms. The number of rotatable bonds is 5. The highest BCUT2D eigenvalue weighted by Crippen LogP contribution is 2.40. The maximum atomic E-state index is 12.8. The summed E-state index contributed by atoms with van der Waals surface area (Å²) in [5.41, 5.74) is 1.45. The van der Waals surface area contributed by atoms with Crippen molar-refractivity contribution in [1.29, 1.82) is 0 Å². The standard InChI is InChI=1S/C19H25NO5S/c1-10(2)25-19(24)15-13-8-5-9-14(13)26-17(15)20-16(21)11-6-3-4-7-12(11)18(22)23/h10-12H,3-9H2,1-2H3,(H,20,21)(H,22,23)/t11-,12+/m0/s1. The van der Waals surface area contributed by atoms with Crippen LogP contribution in [0.5, 0.6) is 0 Å². The minimum Gasteiger partial charge on any atom is -0.481 e. The van der Waals surface area contributed by atoms with Crippen molar-refractivity contribution in [3.8, 4) is 0 Å². The van der Waals surface area contributed by atoms with Gasteiger partial charge in [0.15, 0.2) is 0 Å². The summed E-state index contributed by atoms with van der Waals surface area (Å²) in [7, 11) is 0. The minimum absolute atomic E-state index is 0.238. The lowest BCUT2D eigenvalue weighted by Crippen LogP contribution is -2.36. The summed E-state index contributed by atoms with van der Waals surface area (Å²) in [6.07, 6.45) is 5.25. The van der Waals surface area contributed by atoms with Crippen LogP contribution in [-0.2, 0) is 27.2 Å². The molecule has 3 rings (SSSR count). The second-order valence-corrected chi connectivity index (χ2v) is 8.45. The first-order valence-corrected chi connectivity index (χ1v) is 10.1. The number of hydrogen-bond acceptors (Lipinski definition) is 5. The van der Waals surface area contributed by atoms with Gasteiger partial charge in [-0.05, 0) is 51.5 Å².